The van der Waals surface area contributed by atoms with E-state index < -0.39 is 34.4 Å². The van der Waals surface area contributed by atoms with Crippen molar-refractivity contribution in [2.45, 2.75) is 30.8 Å². The van der Waals surface area contributed by atoms with Crippen molar-refractivity contribution >= 4 is 50.7 Å². The van der Waals surface area contributed by atoms with Crippen molar-refractivity contribution in [1.82, 2.24) is 10.2 Å². The zero-order valence-electron chi connectivity index (χ0n) is 22.0. The molecule has 0 aromatic heterocycles. The summed E-state index contributed by atoms with van der Waals surface area (Å²) >= 11 is 12.8. The van der Waals surface area contributed by atoms with Crippen LogP contribution in [0.1, 0.15) is 18.9 Å². The SMILES string of the molecule is CCC(C(=O)NC)N(Cc1c(Cl)cccc1Cl)C(=O)CN(c1ccc2c(c1)OCCO2)S(=O)(=O)c1ccccc1. The molecular formula is C28H29Cl2N3O6S. The van der Waals surface area contributed by atoms with Gasteiger partial charge in [-0.05, 0) is 42.8 Å². The maximum absolute atomic E-state index is 14.0. The first kappa shape index (κ1) is 29.5. The normalized spacial score (nSPS) is 13.3. The molecule has 212 valence electrons. The van der Waals surface area contributed by atoms with Gasteiger partial charge in [-0.25, -0.2) is 8.42 Å². The highest BCUT2D eigenvalue weighted by atomic mass is 35.5. The average Bonchev–Trinajstić information content (AvgIpc) is 2.97. The molecule has 9 nitrogen and oxygen atoms in total. The van der Waals surface area contributed by atoms with E-state index in [1.54, 1.807) is 55.5 Å². The molecular weight excluding hydrogens is 577 g/mol. The molecule has 0 saturated heterocycles. The van der Waals surface area contributed by atoms with Crippen molar-refractivity contribution in [3.05, 3.63) is 82.3 Å². The van der Waals surface area contributed by atoms with Crippen molar-refractivity contribution in [2.75, 3.05) is 31.1 Å². The molecule has 0 aliphatic carbocycles. The van der Waals surface area contributed by atoms with Crippen LogP contribution in [0.3, 0.4) is 0 Å². The number of carbonyl (C=O) groups excluding carboxylic acids is 2. The summed E-state index contributed by atoms with van der Waals surface area (Å²) in [4.78, 5) is 28.2. The quantitative estimate of drug-likeness (QED) is 0.364. The van der Waals surface area contributed by atoms with Crippen molar-refractivity contribution < 1.29 is 27.5 Å². The Morgan fingerprint density at radius 2 is 1.60 bits per heavy atom. The van der Waals surface area contributed by atoms with Gasteiger partial charge >= 0.3 is 0 Å². The molecule has 3 aromatic carbocycles. The van der Waals surface area contributed by atoms with Gasteiger partial charge in [-0.1, -0.05) is 54.4 Å². The number of amides is 2. The third-order valence-corrected chi connectivity index (χ3v) is 8.94. The number of ether oxygens (including phenoxy) is 2. The lowest BCUT2D eigenvalue weighted by Gasteiger charge is -2.33. The second-order valence-corrected chi connectivity index (χ2v) is 11.6. The molecule has 4 rings (SSSR count). The Morgan fingerprint density at radius 3 is 2.23 bits per heavy atom. The molecule has 40 heavy (non-hydrogen) atoms. The first-order valence-corrected chi connectivity index (χ1v) is 14.8. The summed E-state index contributed by atoms with van der Waals surface area (Å²) in [5.41, 5.74) is 0.642. The van der Waals surface area contributed by atoms with Crippen LogP contribution in [0.4, 0.5) is 5.69 Å². The van der Waals surface area contributed by atoms with Crippen LogP contribution in [0.25, 0.3) is 0 Å². The van der Waals surface area contributed by atoms with Crippen molar-refractivity contribution in [3.8, 4) is 11.5 Å². The third kappa shape index (κ3) is 6.29. The van der Waals surface area contributed by atoms with E-state index in [4.69, 9.17) is 32.7 Å². The highest BCUT2D eigenvalue weighted by Gasteiger charge is 2.34. The van der Waals surface area contributed by atoms with Crippen LogP contribution in [-0.2, 0) is 26.2 Å². The Bertz CT molecular complexity index is 1470. The van der Waals surface area contributed by atoms with Gasteiger partial charge in [0.05, 0.1) is 10.6 Å². The molecule has 3 aromatic rings. The standard InChI is InChI=1S/C28H29Cl2N3O6S/c1-3-24(28(35)31-2)32(17-21-22(29)10-7-11-23(21)30)27(34)18-33(40(36,37)20-8-5-4-6-9-20)19-12-13-25-26(16-19)39-15-14-38-25/h4-13,16,24H,3,14-15,17-18H2,1-2H3,(H,31,35). The smallest absolute Gasteiger partial charge is 0.264 e. The molecule has 1 atom stereocenters. The number of halogens is 2. The Hall–Kier alpha value is -3.47. The molecule has 12 heteroatoms. The second kappa shape index (κ2) is 12.8. The third-order valence-electron chi connectivity index (χ3n) is 6.45. The minimum absolute atomic E-state index is 0.00303. The number of nitrogens with zero attached hydrogens (tertiary/aromatic N) is 2. The highest BCUT2D eigenvalue weighted by Crippen LogP contribution is 2.36. The number of nitrogens with one attached hydrogen (secondary N) is 1. The van der Waals surface area contributed by atoms with Gasteiger partial charge in [0.1, 0.15) is 25.8 Å². The zero-order chi connectivity index (χ0) is 28.9. The number of fused-ring (bicyclic) bond motifs is 1. The van der Waals surface area contributed by atoms with Gasteiger partial charge < -0.3 is 19.7 Å². The van der Waals surface area contributed by atoms with E-state index in [1.807, 2.05) is 0 Å². The van der Waals surface area contributed by atoms with Crippen molar-refractivity contribution in [2.24, 2.45) is 0 Å². The van der Waals surface area contributed by atoms with Gasteiger partial charge in [0, 0.05) is 35.3 Å². The number of anilines is 1. The Balaban J connectivity index is 1.78. The molecule has 1 unspecified atom stereocenters. The van der Waals surface area contributed by atoms with Crippen molar-refractivity contribution in [1.29, 1.82) is 0 Å². The summed E-state index contributed by atoms with van der Waals surface area (Å²) in [7, 11) is -2.75. The minimum Gasteiger partial charge on any atom is -0.486 e. The van der Waals surface area contributed by atoms with Gasteiger partial charge in [0.2, 0.25) is 11.8 Å². The number of sulfonamides is 1. The van der Waals surface area contributed by atoms with E-state index in [9.17, 15) is 18.0 Å². The largest absolute Gasteiger partial charge is 0.486 e. The molecule has 1 aliphatic heterocycles. The maximum Gasteiger partial charge on any atom is 0.264 e. The van der Waals surface area contributed by atoms with E-state index in [0.29, 0.717) is 40.3 Å². The number of hydrogen-bond acceptors (Lipinski definition) is 6. The van der Waals surface area contributed by atoms with Crippen LogP contribution >= 0.6 is 23.2 Å². The van der Waals surface area contributed by atoms with Gasteiger partial charge in [0.15, 0.2) is 11.5 Å². The molecule has 0 fully saturated rings. The lowest BCUT2D eigenvalue weighted by atomic mass is 10.1. The lowest BCUT2D eigenvalue weighted by Crippen LogP contribution is -2.51. The maximum atomic E-state index is 14.0. The first-order chi connectivity index (χ1) is 19.2. The van der Waals surface area contributed by atoms with Gasteiger partial charge in [-0.2, -0.15) is 0 Å². The Morgan fingerprint density at radius 1 is 0.950 bits per heavy atom. The number of benzene rings is 3. The number of likely N-dealkylation sites (N-methyl/N-ethyl adjacent to an activating group) is 1. The molecule has 0 saturated carbocycles. The molecule has 1 heterocycles. The Labute approximate surface area is 243 Å². The molecule has 0 bridgehead atoms. The van der Waals surface area contributed by atoms with Crippen LogP contribution in [0.5, 0.6) is 11.5 Å². The summed E-state index contributed by atoms with van der Waals surface area (Å²) < 4.78 is 40.1. The molecule has 1 aliphatic rings. The second-order valence-electron chi connectivity index (χ2n) is 8.91. The number of rotatable bonds is 10. The summed E-state index contributed by atoms with van der Waals surface area (Å²) in [6.07, 6.45) is 0.267. The van der Waals surface area contributed by atoms with E-state index in [-0.39, 0.29) is 23.5 Å². The number of hydrogen-bond donors (Lipinski definition) is 1. The first-order valence-electron chi connectivity index (χ1n) is 12.6. The fourth-order valence-corrected chi connectivity index (χ4v) is 6.32. The van der Waals surface area contributed by atoms with Gasteiger partial charge in [-0.15, -0.1) is 0 Å². The van der Waals surface area contributed by atoms with E-state index in [1.165, 1.54) is 30.1 Å². The van der Waals surface area contributed by atoms with Crippen LogP contribution in [0.15, 0.2) is 71.6 Å². The average molecular weight is 607 g/mol. The molecule has 1 N–H and O–H groups in total. The van der Waals surface area contributed by atoms with E-state index >= 15 is 0 Å². The van der Waals surface area contributed by atoms with Gasteiger partial charge in [0.25, 0.3) is 10.0 Å². The Kier molecular flexibility index (Phi) is 9.44. The van der Waals surface area contributed by atoms with Crippen molar-refractivity contribution in [3.63, 3.8) is 0 Å². The minimum atomic E-state index is -4.22. The lowest BCUT2D eigenvalue weighted by molar-refractivity contribution is -0.140. The summed E-state index contributed by atoms with van der Waals surface area (Å²) in [6, 6.07) is 16.5. The molecule has 2 amide bonds. The highest BCUT2D eigenvalue weighted by molar-refractivity contribution is 7.92. The topological polar surface area (TPSA) is 105 Å². The zero-order valence-corrected chi connectivity index (χ0v) is 24.3. The predicted octanol–water partition coefficient (Wildman–Crippen LogP) is 4.51. The summed E-state index contributed by atoms with van der Waals surface area (Å²) in [5.74, 6) is -0.198. The predicted molar refractivity (Wildman–Crippen MR) is 154 cm³/mol. The number of carbonyl (C=O) groups is 2. The fraction of sp³-hybridized carbons (Fsp3) is 0.286. The molecule has 0 spiro atoms. The molecule has 0 radical (unpaired) electrons. The summed E-state index contributed by atoms with van der Waals surface area (Å²) in [6.45, 7) is 1.72. The van der Waals surface area contributed by atoms with Crippen LogP contribution in [0.2, 0.25) is 10.0 Å². The van der Waals surface area contributed by atoms with Crippen LogP contribution < -0.4 is 19.1 Å². The monoisotopic (exact) mass is 605 g/mol. The van der Waals surface area contributed by atoms with Crippen LogP contribution in [0, 0.1) is 0 Å². The fourth-order valence-electron chi connectivity index (χ4n) is 4.38. The van der Waals surface area contributed by atoms with E-state index in [0.717, 1.165) is 4.31 Å². The van der Waals surface area contributed by atoms with Crippen LogP contribution in [-0.4, -0.2) is 58.0 Å². The summed E-state index contributed by atoms with van der Waals surface area (Å²) in [5, 5.41) is 3.22. The van der Waals surface area contributed by atoms with Gasteiger partial charge in [-0.3, -0.25) is 13.9 Å². The van der Waals surface area contributed by atoms with E-state index in [2.05, 4.69) is 5.32 Å².